The Morgan fingerprint density at radius 1 is 1.48 bits per heavy atom. The molecule has 3 nitrogen and oxygen atoms in total. The number of likely N-dealkylation sites (tertiary alicyclic amines) is 1. The molecule has 4 heteroatoms. The minimum absolute atomic E-state index is 0.0447. The summed E-state index contributed by atoms with van der Waals surface area (Å²) in [6.07, 6.45) is 3.52. The molecule has 0 amide bonds. The Bertz CT molecular complexity index is 439. The van der Waals surface area contributed by atoms with Crippen LogP contribution >= 0.6 is 0 Å². The van der Waals surface area contributed by atoms with Gasteiger partial charge in [-0.3, -0.25) is 4.90 Å². The molecule has 2 N–H and O–H groups in total. The van der Waals surface area contributed by atoms with Gasteiger partial charge < -0.3 is 10.5 Å². The molecule has 118 valence electrons. The molecule has 21 heavy (non-hydrogen) atoms. The SMILES string of the molecule is CCCOC1CCCN(C(c2cccc(F)c2)C(C)N)C1. The van der Waals surface area contributed by atoms with Crippen LogP contribution in [0.4, 0.5) is 4.39 Å². The van der Waals surface area contributed by atoms with Crippen molar-refractivity contribution in [3.63, 3.8) is 0 Å². The molecule has 0 bridgehead atoms. The van der Waals surface area contributed by atoms with Crippen LogP contribution in [0.1, 0.15) is 44.7 Å². The van der Waals surface area contributed by atoms with Gasteiger partial charge in [0.25, 0.3) is 0 Å². The van der Waals surface area contributed by atoms with Gasteiger partial charge in [-0.1, -0.05) is 19.1 Å². The van der Waals surface area contributed by atoms with Crippen LogP contribution in [0.15, 0.2) is 24.3 Å². The van der Waals surface area contributed by atoms with Crippen molar-refractivity contribution in [3.05, 3.63) is 35.6 Å². The number of rotatable bonds is 6. The molecular formula is C17H27FN2O. The number of nitrogens with zero attached hydrogens (tertiary/aromatic N) is 1. The third kappa shape index (κ3) is 4.50. The summed E-state index contributed by atoms with van der Waals surface area (Å²) in [5, 5.41) is 0. The second kappa shape index (κ2) is 7.87. The zero-order chi connectivity index (χ0) is 15.2. The Morgan fingerprint density at radius 2 is 2.29 bits per heavy atom. The number of halogens is 1. The van der Waals surface area contributed by atoms with Crippen molar-refractivity contribution in [2.45, 2.75) is 51.3 Å². The molecule has 0 saturated carbocycles. The van der Waals surface area contributed by atoms with Crippen molar-refractivity contribution in [3.8, 4) is 0 Å². The highest BCUT2D eigenvalue weighted by Gasteiger charge is 2.29. The van der Waals surface area contributed by atoms with E-state index in [4.69, 9.17) is 10.5 Å². The molecule has 1 fully saturated rings. The third-order valence-electron chi connectivity index (χ3n) is 4.05. The molecule has 0 aliphatic carbocycles. The average Bonchev–Trinajstić information content (AvgIpc) is 2.45. The van der Waals surface area contributed by atoms with Crippen molar-refractivity contribution in [2.24, 2.45) is 5.73 Å². The molecule has 1 saturated heterocycles. The lowest BCUT2D eigenvalue weighted by molar-refractivity contribution is -0.0156. The lowest BCUT2D eigenvalue weighted by Crippen LogP contribution is -2.47. The molecule has 0 aromatic heterocycles. The second-order valence-electron chi connectivity index (χ2n) is 5.99. The van der Waals surface area contributed by atoms with Gasteiger partial charge in [0.1, 0.15) is 5.82 Å². The number of benzene rings is 1. The Labute approximate surface area is 127 Å². The maximum Gasteiger partial charge on any atom is 0.123 e. The summed E-state index contributed by atoms with van der Waals surface area (Å²) in [5.41, 5.74) is 7.15. The molecule has 0 spiro atoms. The molecule has 1 aliphatic rings. The predicted molar refractivity (Wildman–Crippen MR) is 83.6 cm³/mol. The normalized spacial score (nSPS) is 23.0. The van der Waals surface area contributed by atoms with Crippen LogP contribution in [-0.2, 0) is 4.74 Å². The number of hydrogen-bond acceptors (Lipinski definition) is 3. The van der Waals surface area contributed by atoms with E-state index in [-0.39, 0.29) is 24.0 Å². The molecule has 1 aliphatic heterocycles. The highest BCUT2D eigenvalue weighted by Crippen LogP contribution is 2.28. The minimum atomic E-state index is -0.200. The van der Waals surface area contributed by atoms with Crippen molar-refractivity contribution in [1.82, 2.24) is 4.90 Å². The summed E-state index contributed by atoms with van der Waals surface area (Å²) in [7, 11) is 0. The summed E-state index contributed by atoms with van der Waals surface area (Å²) in [5.74, 6) is -0.200. The Kier molecular flexibility index (Phi) is 6.15. The van der Waals surface area contributed by atoms with E-state index in [9.17, 15) is 4.39 Å². The number of nitrogens with two attached hydrogens (primary N) is 1. The number of hydrogen-bond donors (Lipinski definition) is 1. The zero-order valence-corrected chi connectivity index (χ0v) is 13.1. The maximum absolute atomic E-state index is 13.5. The van der Waals surface area contributed by atoms with Crippen LogP contribution in [0, 0.1) is 5.82 Å². The second-order valence-corrected chi connectivity index (χ2v) is 5.99. The predicted octanol–water partition coefficient (Wildman–Crippen LogP) is 3.11. The van der Waals surface area contributed by atoms with E-state index in [2.05, 4.69) is 11.8 Å². The summed E-state index contributed by atoms with van der Waals surface area (Å²) in [4.78, 5) is 2.35. The van der Waals surface area contributed by atoms with Crippen LogP contribution in [0.3, 0.4) is 0 Å². The summed E-state index contributed by atoms with van der Waals surface area (Å²) < 4.78 is 19.4. The first kappa shape index (κ1) is 16.4. The van der Waals surface area contributed by atoms with E-state index in [1.165, 1.54) is 6.07 Å². The summed E-state index contributed by atoms with van der Waals surface area (Å²) in [6, 6.07) is 6.81. The van der Waals surface area contributed by atoms with Crippen LogP contribution < -0.4 is 5.73 Å². The van der Waals surface area contributed by atoms with Gasteiger partial charge >= 0.3 is 0 Å². The zero-order valence-electron chi connectivity index (χ0n) is 13.1. The molecule has 3 unspecified atom stereocenters. The Morgan fingerprint density at radius 3 is 2.95 bits per heavy atom. The molecule has 1 aromatic carbocycles. The van der Waals surface area contributed by atoms with Gasteiger partial charge in [0.2, 0.25) is 0 Å². The summed E-state index contributed by atoms with van der Waals surface area (Å²) in [6.45, 7) is 6.79. The van der Waals surface area contributed by atoms with Crippen molar-refractivity contribution >= 4 is 0 Å². The smallest absolute Gasteiger partial charge is 0.123 e. The van der Waals surface area contributed by atoms with E-state index in [1.807, 2.05) is 13.0 Å². The third-order valence-corrected chi connectivity index (χ3v) is 4.05. The van der Waals surface area contributed by atoms with Gasteiger partial charge in [-0.15, -0.1) is 0 Å². The van der Waals surface area contributed by atoms with Gasteiger partial charge in [-0.05, 0) is 50.4 Å². The molecule has 3 atom stereocenters. The first-order chi connectivity index (χ1) is 10.1. The highest BCUT2D eigenvalue weighted by atomic mass is 19.1. The van der Waals surface area contributed by atoms with Gasteiger partial charge in [0, 0.05) is 25.2 Å². The van der Waals surface area contributed by atoms with E-state index in [0.29, 0.717) is 0 Å². The van der Waals surface area contributed by atoms with E-state index in [1.54, 1.807) is 12.1 Å². The van der Waals surface area contributed by atoms with Crippen LogP contribution in [0.25, 0.3) is 0 Å². The van der Waals surface area contributed by atoms with Crippen molar-refractivity contribution in [2.75, 3.05) is 19.7 Å². The quantitative estimate of drug-likeness (QED) is 0.876. The van der Waals surface area contributed by atoms with Gasteiger partial charge in [0.05, 0.1) is 6.10 Å². The number of piperidine rings is 1. The lowest BCUT2D eigenvalue weighted by atomic mass is 9.96. The minimum Gasteiger partial charge on any atom is -0.377 e. The first-order valence-electron chi connectivity index (χ1n) is 7.98. The highest BCUT2D eigenvalue weighted by molar-refractivity contribution is 5.22. The molecular weight excluding hydrogens is 267 g/mol. The fraction of sp³-hybridized carbons (Fsp3) is 0.647. The molecule has 2 rings (SSSR count). The molecule has 0 radical (unpaired) electrons. The largest absolute Gasteiger partial charge is 0.377 e. The first-order valence-corrected chi connectivity index (χ1v) is 7.98. The van der Waals surface area contributed by atoms with Crippen LogP contribution in [-0.4, -0.2) is 36.7 Å². The number of ether oxygens (including phenoxy) is 1. The Hall–Kier alpha value is -0.970. The topological polar surface area (TPSA) is 38.5 Å². The van der Waals surface area contributed by atoms with Crippen molar-refractivity contribution < 1.29 is 9.13 Å². The molecule has 1 heterocycles. The van der Waals surface area contributed by atoms with E-state index < -0.39 is 0 Å². The maximum atomic E-state index is 13.5. The molecule has 1 aromatic rings. The van der Waals surface area contributed by atoms with Gasteiger partial charge in [0.15, 0.2) is 0 Å². The van der Waals surface area contributed by atoms with Crippen molar-refractivity contribution in [1.29, 1.82) is 0 Å². The lowest BCUT2D eigenvalue weighted by Gasteiger charge is -2.40. The fourth-order valence-electron chi connectivity index (χ4n) is 3.18. The van der Waals surface area contributed by atoms with Gasteiger partial charge in [-0.25, -0.2) is 4.39 Å². The van der Waals surface area contributed by atoms with Crippen LogP contribution in [0.5, 0.6) is 0 Å². The monoisotopic (exact) mass is 294 g/mol. The van der Waals surface area contributed by atoms with E-state index in [0.717, 1.165) is 44.5 Å². The fourth-order valence-corrected chi connectivity index (χ4v) is 3.18. The van der Waals surface area contributed by atoms with Crippen LogP contribution in [0.2, 0.25) is 0 Å². The average molecular weight is 294 g/mol. The standard InChI is InChI=1S/C17H27FN2O/c1-3-10-21-16-8-5-9-20(12-16)17(13(2)19)14-6-4-7-15(18)11-14/h4,6-7,11,13,16-17H,3,5,8-10,12,19H2,1-2H3. The Balaban J connectivity index is 2.10. The summed E-state index contributed by atoms with van der Waals surface area (Å²) >= 11 is 0. The van der Waals surface area contributed by atoms with E-state index >= 15 is 0 Å². The van der Waals surface area contributed by atoms with Gasteiger partial charge in [-0.2, -0.15) is 0 Å².